The quantitative estimate of drug-likeness (QED) is 0.222. The number of halogens is 1. The van der Waals surface area contributed by atoms with E-state index in [2.05, 4.69) is 30.9 Å². The van der Waals surface area contributed by atoms with E-state index in [9.17, 15) is 14.7 Å². The van der Waals surface area contributed by atoms with Crippen LogP contribution in [0, 0.1) is 0 Å². The van der Waals surface area contributed by atoms with Crippen LogP contribution in [-0.2, 0) is 9.59 Å². The van der Waals surface area contributed by atoms with E-state index in [0.29, 0.717) is 33.8 Å². The zero-order valence-electron chi connectivity index (χ0n) is 18.7. The van der Waals surface area contributed by atoms with Crippen molar-refractivity contribution >= 4 is 50.4 Å². The first kappa shape index (κ1) is 22.6. The second-order valence-corrected chi connectivity index (χ2v) is 8.63. The number of H-pyrrole nitrogens is 1. The Labute approximate surface area is 208 Å². The van der Waals surface area contributed by atoms with Crippen LogP contribution in [0.4, 0.5) is 5.95 Å². The Hall–Kier alpha value is -4.18. The van der Waals surface area contributed by atoms with Gasteiger partial charge in [-0.1, -0.05) is 34.1 Å². The zero-order chi connectivity index (χ0) is 24.7. The molecule has 1 aliphatic rings. The SMILES string of the molecule is COc1cc2nc(N3C(=O)C(=O)/C(=C(/O)c4ccc(Br)cc4)C3c3ccccn3)[nH]c2cc1OC. The normalized spacial score (nSPS) is 17.2. The second-order valence-electron chi connectivity index (χ2n) is 7.72. The first-order valence-corrected chi connectivity index (χ1v) is 11.3. The first-order chi connectivity index (χ1) is 16.9. The fourth-order valence-electron chi connectivity index (χ4n) is 4.07. The number of rotatable bonds is 5. The Balaban J connectivity index is 1.71. The minimum absolute atomic E-state index is 0.0772. The summed E-state index contributed by atoms with van der Waals surface area (Å²) in [4.78, 5) is 39.8. The summed E-state index contributed by atoms with van der Waals surface area (Å²) in [5, 5.41) is 11.1. The molecule has 1 saturated heterocycles. The number of carbonyl (C=O) groups excluding carboxylic acids is 2. The van der Waals surface area contributed by atoms with Crippen LogP contribution in [0.15, 0.2) is 70.8 Å². The molecule has 0 bridgehead atoms. The van der Waals surface area contributed by atoms with Crippen molar-refractivity contribution in [3.8, 4) is 11.5 Å². The number of amides is 1. The number of methoxy groups -OCH3 is 2. The lowest BCUT2D eigenvalue weighted by Crippen LogP contribution is -2.30. The number of hydrogen-bond acceptors (Lipinski definition) is 7. The minimum Gasteiger partial charge on any atom is -0.507 e. The number of aliphatic hydroxyl groups is 1. The smallest absolute Gasteiger partial charge is 0.302 e. The van der Waals surface area contributed by atoms with Crippen molar-refractivity contribution in [3.05, 3.63) is 82.1 Å². The van der Waals surface area contributed by atoms with Gasteiger partial charge in [0.2, 0.25) is 5.95 Å². The fraction of sp³-hybridized carbons (Fsp3) is 0.120. The number of aromatic nitrogens is 3. The molecule has 4 aromatic rings. The molecule has 0 radical (unpaired) electrons. The molecule has 3 heterocycles. The average Bonchev–Trinajstić information content (AvgIpc) is 3.41. The third-order valence-corrected chi connectivity index (χ3v) is 6.26. The highest BCUT2D eigenvalue weighted by Crippen LogP contribution is 2.42. The van der Waals surface area contributed by atoms with Gasteiger partial charge in [0, 0.05) is 28.4 Å². The lowest BCUT2D eigenvalue weighted by atomic mass is 9.98. The monoisotopic (exact) mass is 534 g/mol. The number of aromatic amines is 1. The highest BCUT2D eigenvalue weighted by atomic mass is 79.9. The maximum absolute atomic E-state index is 13.3. The summed E-state index contributed by atoms with van der Waals surface area (Å²) < 4.78 is 11.5. The van der Waals surface area contributed by atoms with Crippen molar-refractivity contribution in [3.63, 3.8) is 0 Å². The Kier molecular flexibility index (Phi) is 5.73. The molecule has 2 aromatic carbocycles. The summed E-state index contributed by atoms with van der Waals surface area (Å²) in [6.07, 6.45) is 1.56. The van der Waals surface area contributed by atoms with Crippen molar-refractivity contribution in [1.29, 1.82) is 0 Å². The predicted molar refractivity (Wildman–Crippen MR) is 132 cm³/mol. The van der Waals surface area contributed by atoms with E-state index >= 15 is 0 Å². The molecule has 0 spiro atoms. The fourth-order valence-corrected chi connectivity index (χ4v) is 4.33. The molecule has 176 valence electrons. The molecule has 10 heteroatoms. The van der Waals surface area contributed by atoms with E-state index in [1.54, 1.807) is 60.8 Å². The van der Waals surface area contributed by atoms with Crippen LogP contribution in [0.3, 0.4) is 0 Å². The number of imidazole rings is 1. The number of anilines is 1. The molecule has 0 saturated carbocycles. The number of Topliss-reactive ketones (excluding diaryl/α,β-unsaturated/α-hetero) is 1. The molecule has 5 rings (SSSR count). The summed E-state index contributed by atoms with van der Waals surface area (Å²) in [7, 11) is 3.03. The zero-order valence-corrected chi connectivity index (χ0v) is 20.2. The van der Waals surface area contributed by atoms with Crippen molar-refractivity contribution < 1.29 is 24.2 Å². The van der Waals surface area contributed by atoms with Crippen molar-refractivity contribution in [2.45, 2.75) is 6.04 Å². The number of hydrogen-bond donors (Lipinski definition) is 2. The highest BCUT2D eigenvalue weighted by Gasteiger charge is 2.48. The van der Waals surface area contributed by atoms with Gasteiger partial charge in [0.25, 0.3) is 5.78 Å². The van der Waals surface area contributed by atoms with E-state index < -0.39 is 17.7 Å². The third-order valence-electron chi connectivity index (χ3n) is 5.73. The first-order valence-electron chi connectivity index (χ1n) is 10.5. The molecule has 1 fully saturated rings. The van der Waals surface area contributed by atoms with Crippen LogP contribution in [-0.4, -0.2) is 46.0 Å². The molecule has 1 unspecified atom stereocenters. The highest BCUT2D eigenvalue weighted by molar-refractivity contribution is 9.10. The summed E-state index contributed by atoms with van der Waals surface area (Å²) >= 11 is 3.36. The number of ketones is 1. The van der Waals surface area contributed by atoms with Crippen LogP contribution < -0.4 is 14.4 Å². The van der Waals surface area contributed by atoms with Crippen LogP contribution in [0.25, 0.3) is 16.8 Å². The lowest BCUT2D eigenvalue weighted by molar-refractivity contribution is -0.132. The van der Waals surface area contributed by atoms with Gasteiger partial charge in [-0.3, -0.25) is 19.5 Å². The maximum atomic E-state index is 13.3. The Morgan fingerprint density at radius 1 is 1.06 bits per heavy atom. The van der Waals surface area contributed by atoms with Gasteiger partial charge in [0.15, 0.2) is 11.5 Å². The van der Waals surface area contributed by atoms with Gasteiger partial charge in [0.1, 0.15) is 11.8 Å². The van der Waals surface area contributed by atoms with E-state index in [-0.39, 0.29) is 17.3 Å². The van der Waals surface area contributed by atoms with E-state index in [0.717, 1.165) is 4.47 Å². The number of ether oxygens (including phenoxy) is 2. The number of benzene rings is 2. The Morgan fingerprint density at radius 2 is 1.77 bits per heavy atom. The van der Waals surface area contributed by atoms with Gasteiger partial charge in [0.05, 0.1) is 36.5 Å². The molecular formula is C25H19BrN4O5. The largest absolute Gasteiger partial charge is 0.507 e. The molecule has 1 aliphatic heterocycles. The summed E-state index contributed by atoms with van der Waals surface area (Å²) in [5.74, 6) is -0.893. The van der Waals surface area contributed by atoms with E-state index in [1.165, 1.54) is 19.1 Å². The molecule has 9 nitrogen and oxygen atoms in total. The lowest BCUT2D eigenvalue weighted by Gasteiger charge is -2.22. The Bertz CT molecular complexity index is 1440. The van der Waals surface area contributed by atoms with Crippen LogP contribution in [0.5, 0.6) is 11.5 Å². The third kappa shape index (κ3) is 3.81. The van der Waals surface area contributed by atoms with Crippen LogP contribution in [0.1, 0.15) is 17.3 Å². The summed E-state index contributed by atoms with van der Waals surface area (Å²) in [6.45, 7) is 0. The topological polar surface area (TPSA) is 118 Å². The van der Waals surface area contributed by atoms with Crippen molar-refractivity contribution in [2.75, 3.05) is 19.1 Å². The molecule has 1 atom stereocenters. The second kappa shape index (κ2) is 8.88. The van der Waals surface area contributed by atoms with Gasteiger partial charge in [-0.15, -0.1) is 0 Å². The van der Waals surface area contributed by atoms with Gasteiger partial charge in [-0.05, 0) is 24.3 Å². The Morgan fingerprint density at radius 3 is 2.43 bits per heavy atom. The summed E-state index contributed by atoms with van der Waals surface area (Å²) in [6, 6.07) is 14.3. The number of aliphatic hydroxyl groups excluding tert-OH is 1. The minimum atomic E-state index is -0.996. The van der Waals surface area contributed by atoms with E-state index in [1.807, 2.05) is 0 Å². The van der Waals surface area contributed by atoms with Gasteiger partial charge in [-0.2, -0.15) is 0 Å². The summed E-state index contributed by atoms with van der Waals surface area (Å²) in [5.41, 5.74) is 1.80. The number of nitrogens with zero attached hydrogens (tertiary/aromatic N) is 3. The maximum Gasteiger partial charge on any atom is 0.302 e. The molecule has 0 aliphatic carbocycles. The number of fused-ring (bicyclic) bond motifs is 1. The van der Waals surface area contributed by atoms with Crippen LogP contribution >= 0.6 is 15.9 Å². The number of nitrogens with one attached hydrogen (secondary N) is 1. The number of pyridine rings is 1. The molecule has 35 heavy (non-hydrogen) atoms. The van der Waals surface area contributed by atoms with Gasteiger partial charge < -0.3 is 19.6 Å². The average molecular weight is 535 g/mol. The van der Waals surface area contributed by atoms with Crippen molar-refractivity contribution in [2.24, 2.45) is 0 Å². The predicted octanol–water partition coefficient (Wildman–Crippen LogP) is 4.36. The van der Waals surface area contributed by atoms with Crippen LogP contribution in [0.2, 0.25) is 0 Å². The standard InChI is InChI=1S/C25H19BrN4O5/c1-34-18-11-16-17(12-19(18)35-2)29-25(28-16)30-21(15-5-3-4-10-27-15)20(23(32)24(30)33)22(31)13-6-8-14(26)9-7-13/h3-12,21,31H,1-2H3,(H,28,29)/b22-20+. The molecule has 2 aromatic heterocycles. The number of carbonyl (C=O) groups is 2. The molecular weight excluding hydrogens is 516 g/mol. The van der Waals surface area contributed by atoms with Gasteiger partial charge in [-0.25, -0.2) is 4.98 Å². The van der Waals surface area contributed by atoms with Crippen molar-refractivity contribution in [1.82, 2.24) is 15.0 Å². The molecule has 2 N–H and O–H groups in total. The van der Waals surface area contributed by atoms with Gasteiger partial charge >= 0.3 is 5.91 Å². The molecule has 1 amide bonds. The van der Waals surface area contributed by atoms with E-state index in [4.69, 9.17) is 9.47 Å².